The minimum absolute atomic E-state index is 0.247. The molecule has 2 N–H and O–H groups in total. The first-order chi connectivity index (χ1) is 10.0. The molecule has 0 aliphatic heterocycles. The molecular weight excluding hydrogens is 286 g/mol. The second kappa shape index (κ2) is 7.07. The van der Waals surface area contributed by atoms with Crippen LogP contribution in [0, 0.1) is 5.92 Å². The molecule has 1 aliphatic rings. The van der Waals surface area contributed by atoms with Gasteiger partial charge in [-0.25, -0.2) is 4.79 Å². The summed E-state index contributed by atoms with van der Waals surface area (Å²) in [6.07, 6.45) is 5.66. The van der Waals surface area contributed by atoms with Crippen LogP contribution in [-0.2, 0) is 17.6 Å². The summed E-state index contributed by atoms with van der Waals surface area (Å²) >= 11 is 1.52. The molecule has 0 aromatic carbocycles. The molecule has 0 saturated heterocycles. The summed E-state index contributed by atoms with van der Waals surface area (Å²) in [5.74, 6) is -0.490. The number of carbonyl (C=O) groups excluding carboxylic acids is 1. The Morgan fingerprint density at radius 3 is 2.86 bits per heavy atom. The van der Waals surface area contributed by atoms with Crippen LogP contribution in [0.2, 0.25) is 0 Å². The third-order valence-electron chi connectivity index (χ3n) is 4.17. The molecule has 5 heteroatoms. The van der Waals surface area contributed by atoms with Gasteiger partial charge in [0.15, 0.2) is 0 Å². The van der Waals surface area contributed by atoms with Crippen molar-refractivity contribution in [2.45, 2.75) is 58.4 Å². The van der Waals surface area contributed by atoms with E-state index < -0.39 is 12.0 Å². The molecule has 0 saturated carbocycles. The standard InChI is InChI=1S/C16H23NO3S/c1-3-5-12(16(19)20)17-15(18)14-9-11-8-10(4-2)6-7-13(11)21-14/h9-10,12H,3-8H2,1-2H3,(H,17,18)(H,19,20). The van der Waals surface area contributed by atoms with Crippen LogP contribution in [0.3, 0.4) is 0 Å². The van der Waals surface area contributed by atoms with Gasteiger partial charge in [-0.3, -0.25) is 4.79 Å². The second-order valence-electron chi connectivity index (χ2n) is 5.73. The fraction of sp³-hybridized carbons (Fsp3) is 0.625. The summed E-state index contributed by atoms with van der Waals surface area (Å²) in [5.41, 5.74) is 1.28. The predicted molar refractivity (Wildman–Crippen MR) is 83.9 cm³/mol. The number of thiophene rings is 1. The highest BCUT2D eigenvalue weighted by Crippen LogP contribution is 2.33. The monoisotopic (exact) mass is 309 g/mol. The van der Waals surface area contributed by atoms with Crippen LogP contribution in [0.15, 0.2) is 6.07 Å². The van der Waals surface area contributed by atoms with E-state index in [9.17, 15) is 9.59 Å². The Labute approximate surface area is 129 Å². The van der Waals surface area contributed by atoms with Crippen LogP contribution >= 0.6 is 11.3 Å². The van der Waals surface area contributed by atoms with Gasteiger partial charge in [0.05, 0.1) is 4.88 Å². The molecule has 21 heavy (non-hydrogen) atoms. The van der Waals surface area contributed by atoms with E-state index in [2.05, 4.69) is 12.2 Å². The van der Waals surface area contributed by atoms with Crippen LogP contribution in [0.5, 0.6) is 0 Å². The van der Waals surface area contributed by atoms with E-state index in [4.69, 9.17) is 5.11 Å². The van der Waals surface area contributed by atoms with Crippen molar-refractivity contribution in [3.63, 3.8) is 0 Å². The van der Waals surface area contributed by atoms with Crippen molar-refractivity contribution in [1.29, 1.82) is 0 Å². The normalized spacial score (nSPS) is 18.9. The average Bonchev–Trinajstić information content (AvgIpc) is 2.89. The van der Waals surface area contributed by atoms with Gasteiger partial charge in [0, 0.05) is 4.88 Å². The molecule has 116 valence electrons. The zero-order valence-corrected chi connectivity index (χ0v) is 13.5. The van der Waals surface area contributed by atoms with Gasteiger partial charge in [-0.15, -0.1) is 11.3 Å². The molecule has 2 rings (SSSR count). The second-order valence-corrected chi connectivity index (χ2v) is 6.87. The summed E-state index contributed by atoms with van der Waals surface area (Å²) < 4.78 is 0. The number of amides is 1. The lowest BCUT2D eigenvalue weighted by molar-refractivity contribution is -0.139. The number of carbonyl (C=O) groups is 2. The van der Waals surface area contributed by atoms with Gasteiger partial charge in [0.1, 0.15) is 6.04 Å². The maximum atomic E-state index is 12.2. The van der Waals surface area contributed by atoms with Gasteiger partial charge in [-0.05, 0) is 43.2 Å². The van der Waals surface area contributed by atoms with Gasteiger partial charge in [0.25, 0.3) is 5.91 Å². The van der Waals surface area contributed by atoms with Crippen molar-refractivity contribution in [2.75, 3.05) is 0 Å². The number of rotatable bonds is 6. The van der Waals surface area contributed by atoms with Gasteiger partial charge in [-0.1, -0.05) is 26.7 Å². The van der Waals surface area contributed by atoms with Crippen LogP contribution in [0.4, 0.5) is 0 Å². The van der Waals surface area contributed by atoms with E-state index in [-0.39, 0.29) is 5.91 Å². The number of nitrogens with one attached hydrogen (secondary N) is 1. The molecule has 1 aliphatic carbocycles. The minimum Gasteiger partial charge on any atom is -0.480 e. The number of aliphatic carboxylic acids is 1. The van der Waals surface area contributed by atoms with Crippen molar-refractivity contribution < 1.29 is 14.7 Å². The van der Waals surface area contributed by atoms with Crippen molar-refractivity contribution in [1.82, 2.24) is 5.32 Å². The van der Waals surface area contributed by atoms with E-state index in [1.165, 1.54) is 34.6 Å². The summed E-state index contributed by atoms with van der Waals surface area (Å²) in [7, 11) is 0. The first-order valence-electron chi connectivity index (χ1n) is 7.70. The fourth-order valence-electron chi connectivity index (χ4n) is 2.83. The lowest BCUT2D eigenvalue weighted by atomic mass is 9.87. The van der Waals surface area contributed by atoms with Gasteiger partial charge < -0.3 is 10.4 Å². The first kappa shape index (κ1) is 16.0. The molecule has 0 fully saturated rings. The maximum absolute atomic E-state index is 12.2. The minimum atomic E-state index is -0.961. The molecule has 2 unspecified atom stereocenters. The molecule has 1 amide bonds. The number of carboxylic acid groups (broad SMARTS) is 1. The molecular formula is C16H23NO3S. The van der Waals surface area contributed by atoms with Crippen LogP contribution < -0.4 is 5.32 Å². The predicted octanol–water partition coefficient (Wildman–Crippen LogP) is 3.25. The third kappa shape index (κ3) is 3.84. The zero-order valence-electron chi connectivity index (χ0n) is 12.6. The topological polar surface area (TPSA) is 66.4 Å². The Balaban J connectivity index is 2.07. The van der Waals surface area contributed by atoms with Gasteiger partial charge in [-0.2, -0.15) is 0 Å². The maximum Gasteiger partial charge on any atom is 0.326 e. The lowest BCUT2D eigenvalue weighted by Crippen LogP contribution is -2.40. The zero-order chi connectivity index (χ0) is 15.4. The van der Waals surface area contributed by atoms with Crippen molar-refractivity contribution in [2.24, 2.45) is 5.92 Å². The van der Waals surface area contributed by atoms with E-state index in [1.807, 2.05) is 13.0 Å². The number of hydrogen-bond acceptors (Lipinski definition) is 3. The molecule has 1 aromatic heterocycles. The molecule has 1 heterocycles. The van der Waals surface area contributed by atoms with E-state index >= 15 is 0 Å². The Morgan fingerprint density at radius 1 is 1.48 bits per heavy atom. The van der Waals surface area contributed by atoms with E-state index in [0.29, 0.717) is 11.3 Å². The highest BCUT2D eigenvalue weighted by molar-refractivity contribution is 7.14. The third-order valence-corrected chi connectivity index (χ3v) is 5.40. The summed E-state index contributed by atoms with van der Waals surface area (Å²) in [6, 6.07) is 1.17. The Bertz CT molecular complexity index is 524. The molecule has 4 nitrogen and oxygen atoms in total. The van der Waals surface area contributed by atoms with Crippen LogP contribution in [0.1, 0.15) is 59.6 Å². The van der Waals surface area contributed by atoms with E-state index in [1.54, 1.807) is 0 Å². The SMILES string of the molecule is CCCC(NC(=O)c1cc2c(s1)CCC(CC)C2)C(=O)O. The van der Waals surface area contributed by atoms with Crippen molar-refractivity contribution >= 4 is 23.2 Å². The number of fused-ring (bicyclic) bond motifs is 1. The Morgan fingerprint density at radius 2 is 2.24 bits per heavy atom. The van der Waals surface area contributed by atoms with E-state index in [0.717, 1.165) is 25.2 Å². The number of aryl methyl sites for hydroxylation is 1. The summed E-state index contributed by atoms with van der Waals surface area (Å²) in [4.78, 5) is 25.3. The molecule has 2 atom stereocenters. The average molecular weight is 309 g/mol. The molecule has 1 aromatic rings. The van der Waals surface area contributed by atoms with Crippen LogP contribution in [-0.4, -0.2) is 23.0 Å². The summed E-state index contributed by atoms with van der Waals surface area (Å²) in [5, 5.41) is 11.8. The number of carboxylic acids is 1. The highest BCUT2D eigenvalue weighted by Gasteiger charge is 2.24. The summed E-state index contributed by atoms with van der Waals surface area (Å²) in [6.45, 7) is 4.12. The Kier molecular flexibility index (Phi) is 5.39. The first-order valence-corrected chi connectivity index (χ1v) is 8.52. The lowest BCUT2D eigenvalue weighted by Gasteiger charge is -2.19. The fourth-order valence-corrected chi connectivity index (χ4v) is 3.95. The smallest absolute Gasteiger partial charge is 0.326 e. The quantitative estimate of drug-likeness (QED) is 0.847. The molecule has 0 bridgehead atoms. The molecule has 0 radical (unpaired) electrons. The molecule has 0 spiro atoms. The highest BCUT2D eigenvalue weighted by atomic mass is 32.1. The largest absolute Gasteiger partial charge is 0.480 e. The van der Waals surface area contributed by atoms with Crippen LogP contribution in [0.25, 0.3) is 0 Å². The van der Waals surface area contributed by atoms with Crippen molar-refractivity contribution in [3.8, 4) is 0 Å². The van der Waals surface area contributed by atoms with Gasteiger partial charge >= 0.3 is 5.97 Å². The van der Waals surface area contributed by atoms with Crippen molar-refractivity contribution in [3.05, 3.63) is 21.4 Å². The number of hydrogen-bond donors (Lipinski definition) is 2. The Hall–Kier alpha value is -1.36. The van der Waals surface area contributed by atoms with Gasteiger partial charge in [0.2, 0.25) is 0 Å².